The van der Waals surface area contributed by atoms with E-state index in [1.165, 1.54) is 5.56 Å². The Morgan fingerprint density at radius 2 is 1.52 bits per heavy atom. The zero-order valence-electron chi connectivity index (χ0n) is 15.4. The van der Waals surface area contributed by atoms with Crippen LogP contribution in [0.4, 0.5) is 5.69 Å². The van der Waals surface area contributed by atoms with Crippen molar-refractivity contribution < 1.29 is 4.79 Å². The first kappa shape index (κ1) is 19.2. The summed E-state index contributed by atoms with van der Waals surface area (Å²) >= 11 is 6.21. The van der Waals surface area contributed by atoms with Crippen LogP contribution < -0.4 is 5.32 Å². The predicted molar refractivity (Wildman–Crippen MR) is 112 cm³/mol. The van der Waals surface area contributed by atoms with E-state index in [-0.39, 0.29) is 5.91 Å². The number of nitrogens with zero attached hydrogens (tertiary/aromatic N) is 1. The van der Waals surface area contributed by atoms with E-state index in [2.05, 4.69) is 23.5 Å². The second-order valence-electron chi connectivity index (χ2n) is 6.63. The highest BCUT2D eigenvalue weighted by Gasteiger charge is 2.11. The van der Waals surface area contributed by atoms with Gasteiger partial charge in [-0.05, 0) is 42.3 Å². The molecule has 0 atom stereocenters. The summed E-state index contributed by atoms with van der Waals surface area (Å²) in [6, 6.07) is 25.9. The first-order valence-electron chi connectivity index (χ1n) is 8.95. The first-order chi connectivity index (χ1) is 13.1. The molecular formula is C23H23ClN2O. The molecule has 0 unspecified atom stereocenters. The van der Waals surface area contributed by atoms with Crippen molar-refractivity contribution in [2.75, 3.05) is 18.9 Å². The van der Waals surface area contributed by atoms with Crippen molar-refractivity contribution in [2.45, 2.75) is 13.0 Å². The molecule has 0 aliphatic heterocycles. The lowest BCUT2D eigenvalue weighted by Gasteiger charge is -2.18. The van der Waals surface area contributed by atoms with Gasteiger partial charge in [-0.15, -0.1) is 0 Å². The number of likely N-dealkylation sites (N-methyl/N-ethyl adjacent to an activating group) is 1. The van der Waals surface area contributed by atoms with E-state index in [1.54, 1.807) is 0 Å². The van der Waals surface area contributed by atoms with Crippen molar-refractivity contribution in [3.05, 3.63) is 101 Å². The minimum Gasteiger partial charge on any atom is -0.325 e. The predicted octanol–water partition coefficient (Wildman–Crippen LogP) is 5.00. The molecule has 0 saturated carbocycles. The van der Waals surface area contributed by atoms with E-state index in [0.717, 1.165) is 28.3 Å². The number of rotatable bonds is 7. The molecule has 0 aliphatic rings. The van der Waals surface area contributed by atoms with Crippen molar-refractivity contribution in [3.8, 4) is 0 Å². The highest BCUT2D eigenvalue weighted by molar-refractivity contribution is 6.31. The standard InChI is InChI=1S/C23H23ClN2O/c1-26(16-20-12-5-7-13-21(20)24)17-23(27)25-22-14-8-6-11-19(22)15-18-9-3-2-4-10-18/h2-14H,15-17H2,1H3,(H,25,27). The summed E-state index contributed by atoms with van der Waals surface area (Å²) in [5.74, 6) is -0.0370. The van der Waals surface area contributed by atoms with E-state index < -0.39 is 0 Å². The third kappa shape index (κ3) is 5.68. The molecule has 27 heavy (non-hydrogen) atoms. The minimum absolute atomic E-state index is 0.0370. The summed E-state index contributed by atoms with van der Waals surface area (Å²) in [5, 5.41) is 3.77. The van der Waals surface area contributed by atoms with Gasteiger partial charge in [0.05, 0.1) is 6.54 Å². The Hall–Kier alpha value is -2.62. The first-order valence-corrected chi connectivity index (χ1v) is 9.33. The van der Waals surface area contributed by atoms with Crippen molar-refractivity contribution in [2.24, 2.45) is 0 Å². The average molecular weight is 379 g/mol. The molecule has 1 amide bonds. The fourth-order valence-electron chi connectivity index (χ4n) is 3.02. The Morgan fingerprint density at radius 1 is 0.889 bits per heavy atom. The maximum absolute atomic E-state index is 12.5. The lowest BCUT2D eigenvalue weighted by atomic mass is 10.0. The summed E-state index contributed by atoms with van der Waals surface area (Å²) in [7, 11) is 1.92. The number of carbonyl (C=O) groups excluding carboxylic acids is 1. The van der Waals surface area contributed by atoms with Crippen LogP contribution in [0, 0.1) is 0 Å². The second-order valence-corrected chi connectivity index (χ2v) is 7.04. The lowest BCUT2D eigenvalue weighted by Crippen LogP contribution is -2.30. The van der Waals surface area contributed by atoms with Crippen molar-refractivity contribution in [1.82, 2.24) is 4.90 Å². The van der Waals surface area contributed by atoms with Crippen LogP contribution in [0.2, 0.25) is 5.02 Å². The van der Waals surface area contributed by atoms with Gasteiger partial charge in [0.15, 0.2) is 0 Å². The van der Waals surface area contributed by atoms with Gasteiger partial charge in [-0.25, -0.2) is 0 Å². The van der Waals surface area contributed by atoms with Crippen LogP contribution in [-0.4, -0.2) is 24.4 Å². The smallest absolute Gasteiger partial charge is 0.238 e. The summed E-state index contributed by atoms with van der Waals surface area (Å²) in [6.07, 6.45) is 0.784. The van der Waals surface area contributed by atoms with Gasteiger partial charge in [-0.1, -0.05) is 78.3 Å². The van der Waals surface area contributed by atoms with E-state index >= 15 is 0 Å². The number of halogens is 1. The van der Waals surface area contributed by atoms with E-state index in [4.69, 9.17) is 11.6 Å². The van der Waals surface area contributed by atoms with Crippen molar-refractivity contribution in [3.63, 3.8) is 0 Å². The van der Waals surface area contributed by atoms with Crippen LogP contribution in [0.3, 0.4) is 0 Å². The molecule has 3 aromatic rings. The normalized spacial score (nSPS) is 10.8. The van der Waals surface area contributed by atoms with E-state index in [0.29, 0.717) is 13.1 Å². The number of benzene rings is 3. The van der Waals surface area contributed by atoms with Gasteiger partial charge in [0.25, 0.3) is 0 Å². The molecule has 1 N–H and O–H groups in total. The number of hydrogen-bond acceptors (Lipinski definition) is 2. The fourth-order valence-corrected chi connectivity index (χ4v) is 3.22. The number of para-hydroxylation sites is 1. The Bertz CT molecular complexity index is 896. The molecule has 0 fully saturated rings. The van der Waals surface area contributed by atoms with Crippen LogP contribution in [0.1, 0.15) is 16.7 Å². The molecular weight excluding hydrogens is 356 g/mol. The van der Waals surface area contributed by atoms with Crippen LogP contribution in [0.5, 0.6) is 0 Å². The maximum Gasteiger partial charge on any atom is 0.238 e. The number of hydrogen-bond donors (Lipinski definition) is 1. The summed E-state index contributed by atoms with van der Waals surface area (Å²) in [4.78, 5) is 14.5. The summed E-state index contributed by atoms with van der Waals surface area (Å²) in [6.45, 7) is 0.920. The number of carbonyl (C=O) groups is 1. The van der Waals surface area contributed by atoms with Gasteiger partial charge in [-0.3, -0.25) is 9.69 Å². The molecule has 0 spiro atoms. The van der Waals surface area contributed by atoms with Crippen molar-refractivity contribution in [1.29, 1.82) is 0 Å². The fraction of sp³-hybridized carbons (Fsp3) is 0.174. The molecule has 0 bridgehead atoms. The summed E-state index contributed by atoms with van der Waals surface area (Å²) < 4.78 is 0. The molecule has 3 nitrogen and oxygen atoms in total. The van der Waals surface area contributed by atoms with E-state index in [1.807, 2.05) is 72.6 Å². The van der Waals surface area contributed by atoms with Crippen LogP contribution in [0.15, 0.2) is 78.9 Å². The topological polar surface area (TPSA) is 32.3 Å². The molecule has 138 valence electrons. The summed E-state index contributed by atoms with van der Waals surface area (Å²) in [5.41, 5.74) is 4.19. The highest BCUT2D eigenvalue weighted by Crippen LogP contribution is 2.20. The molecule has 0 radical (unpaired) electrons. The molecule has 4 heteroatoms. The highest BCUT2D eigenvalue weighted by atomic mass is 35.5. The van der Waals surface area contributed by atoms with Gasteiger partial charge in [0, 0.05) is 17.3 Å². The number of amides is 1. The van der Waals surface area contributed by atoms with Gasteiger partial charge in [0.2, 0.25) is 5.91 Å². The van der Waals surface area contributed by atoms with Crippen LogP contribution in [0.25, 0.3) is 0 Å². The van der Waals surface area contributed by atoms with Crippen LogP contribution in [-0.2, 0) is 17.8 Å². The Balaban J connectivity index is 1.61. The van der Waals surface area contributed by atoms with Gasteiger partial charge in [-0.2, -0.15) is 0 Å². The monoisotopic (exact) mass is 378 g/mol. The Kier molecular flexibility index (Phi) is 6.64. The molecule has 0 aliphatic carbocycles. The Labute approximate surface area is 165 Å². The van der Waals surface area contributed by atoms with Gasteiger partial charge < -0.3 is 5.32 Å². The van der Waals surface area contributed by atoms with E-state index in [9.17, 15) is 4.79 Å². The third-order valence-electron chi connectivity index (χ3n) is 4.34. The van der Waals surface area contributed by atoms with Gasteiger partial charge in [0.1, 0.15) is 0 Å². The molecule has 3 rings (SSSR count). The quantitative estimate of drug-likeness (QED) is 0.627. The zero-order valence-corrected chi connectivity index (χ0v) is 16.1. The second kappa shape index (κ2) is 9.36. The van der Waals surface area contributed by atoms with Crippen molar-refractivity contribution >= 4 is 23.2 Å². The average Bonchev–Trinajstić information content (AvgIpc) is 2.66. The molecule has 0 saturated heterocycles. The SMILES string of the molecule is CN(CC(=O)Nc1ccccc1Cc1ccccc1)Cc1ccccc1Cl. The molecule has 3 aromatic carbocycles. The van der Waals surface area contributed by atoms with Gasteiger partial charge >= 0.3 is 0 Å². The number of nitrogens with one attached hydrogen (secondary N) is 1. The number of anilines is 1. The maximum atomic E-state index is 12.5. The van der Waals surface area contributed by atoms with Crippen LogP contribution >= 0.6 is 11.6 Å². The Morgan fingerprint density at radius 3 is 2.26 bits per heavy atom. The minimum atomic E-state index is -0.0370. The lowest BCUT2D eigenvalue weighted by molar-refractivity contribution is -0.117. The zero-order chi connectivity index (χ0) is 19.1. The largest absolute Gasteiger partial charge is 0.325 e. The molecule has 0 aromatic heterocycles. The molecule has 0 heterocycles. The third-order valence-corrected chi connectivity index (χ3v) is 4.71.